The number of aromatic nitrogens is 2. The Kier molecular flexibility index (Phi) is 7.12. The van der Waals surface area contributed by atoms with Crippen LogP contribution in [-0.4, -0.2) is 64.9 Å². The van der Waals surface area contributed by atoms with Crippen molar-refractivity contribution in [2.45, 2.75) is 25.3 Å². The minimum Gasteiger partial charge on any atom is -0.497 e. The van der Waals surface area contributed by atoms with Gasteiger partial charge < -0.3 is 14.2 Å². The number of hydrogen-bond donors (Lipinski definition) is 0. The maximum absolute atomic E-state index is 12.7. The topological polar surface area (TPSA) is 71.7 Å². The zero-order valence-corrected chi connectivity index (χ0v) is 19.5. The van der Waals surface area contributed by atoms with Crippen molar-refractivity contribution in [1.82, 2.24) is 19.9 Å². The molecule has 168 valence electrons. The normalized spacial score (nSPS) is 14.5. The van der Waals surface area contributed by atoms with E-state index in [0.29, 0.717) is 37.1 Å². The van der Waals surface area contributed by atoms with Crippen LogP contribution in [0.15, 0.2) is 51.9 Å². The van der Waals surface area contributed by atoms with E-state index in [1.807, 2.05) is 29.2 Å². The van der Waals surface area contributed by atoms with Crippen LogP contribution in [0.2, 0.25) is 0 Å². The number of amides is 1. The lowest BCUT2D eigenvalue weighted by Crippen LogP contribution is -2.48. The van der Waals surface area contributed by atoms with Crippen LogP contribution >= 0.6 is 11.8 Å². The van der Waals surface area contributed by atoms with Gasteiger partial charge in [-0.3, -0.25) is 9.69 Å². The molecular weight excluding hydrogens is 424 g/mol. The van der Waals surface area contributed by atoms with Crippen molar-refractivity contribution < 1.29 is 14.1 Å². The van der Waals surface area contributed by atoms with Crippen LogP contribution < -0.4 is 4.74 Å². The maximum atomic E-state index is 12.7. The van der Waals surface area contributed by atoms with Crippen molar-refractivity contribution in [2.24, 2.45) is 0 Å². The second-order valence-electron chi connectivity index (χ2n) is 7.95. The maximum Gasteiger partial charge on any atom is 0.241 e. The molecule has 8 heteroatoms. The van der Waals surface area contributed by atoms with E-state index < -0.39 is 0 Å². The molecule has 7 nitrogen and oxygen atoms in total. The van der Waals surface area contributed by atoms with E-state index in [4.69, 9.17) is 9.26 Å². The number of piperazine rings is 1. The minimum atomic E-state index is 0.190. The van der Waals surface area contributed by atoms with Gasteiger partial charge in [0, 0.05) is 36.6 Å². The molecule has 2 aromatic carbocycles. The van der Waals surface area contributed by atoms with Gasteiger partial charge in [-0.2, -0.15) is 4.98 Å². The van der Waals surface area contributed by atoms with E-state index in [-0.39, 0.29) is 5.91 Å². The molecule has 0 radical (unpaired) electrons. The first-order valence-corrected chi connectivity index (χ1v) is 11.7. The molecule has 4 rings (SSSR count). The van der Waals surface area contributed by atoms with E-state index in [9.17, 15) is 4.79 Å². The third kappa shape index (κ3) is 5.49. The van der Waals surface area contributed by atoms with Gasteiger partial charge in [0.25, 0.3) is 0 Å². The van der Waals surface area contributed by atoms with Gasteiger partial charge in [-0.25, -0.2) is 0 Å². The molecule has 0 spiro atoms. The van der Waals surface area contributed by atoms with Gasteiger partial charge in [0.05, 0.1) is 19.4 Å². The van der Waals surface area contributed by atoms with Crippen LogP contribution in [0.4, 0.5) is 0 Å². The first-order chi connectivity index (χ1) is 15.5. The number of carbonyl (C=O) groups excluding carboxylic acids is 1. The van der Waals surface area contributed by atoms with Crippen LogP contribution in [0.25, 0.3) is 11.4 Å². The standard InChI is InChI=1S/C24H28N4O3S/c1-17-4-5-18(2)21(14-17)32-16-23(29)28-12-10-27(11-13-28)15-22-25-24(26-31-22)19-6-8-20(30-3)9-7-19/h4-9,14H,10-13,15-16H2,1-3H3. The molecule has 1 saturated heterocycles. The fourth-order valence-corrected chi connectivity index (χ4v) is 4.64. The molecule has 1 amide bonds. The van der Waals surface area contributed by atoms with Crippen molar-refractivity contribution in [3.8, 4) is 17.1 Å². The number of thioether (sulfide) groups is 1. The minimum absolute atomic E-state index is 0.190. The smallest absolute Gasteiger partial charge is 0.241 e. The Morgan fingerprint density at radius 1 is 1.09 bits per heavy atom. The average Bonchev–Trinajstić information content (AvgIpc) is 3.28. The van der Waals surface area contributed by atoms with Crippen LogP contribution in [0.5, 0.6) is 5.75 Å². The summed E-state index contributed by atoms with van der Waals surface area (Å²) in [4.78, 5) is 22.6. The molecule has 0 aliphatic carbocycles. The summed E-state index contributed by atoms with van der Waals surface area (Å²) in [6.07, 6.45) is 0. The second-order valence-corrected chi connectivity index (χ2v) is 8.97. The van der Waals surface area contributed by atoms with Crippen LogP contribution in [0, 0.1) is 13.8 Å². The summed E-state index contributed by atoms with van der Waals surface area (Å²) in [5.74, 6) is 2.60. The predicted molar refractivity (Wildman–Crippen MR) is 125 cm³/mol. The van der Waals surface area contributed by atoms with Crippen molar-refractivity contribution in [3.05, 3.63) is 59.5 Å². The molecule has 0 atom stereocenters. The van der Waals surface area contributed by atoms with Gasteiger partial charge in [-0.05, 0) is 49.7 Å². The zero-order valence-electron chi connectivity index (χ0n) is 18.7. The van der Waals surface area contributed by atoms with Gasteiger partial charge in [-0.1, -0.05) is 22.9 Å². The molecule has 1 aliphatic rings. The first kappa shape index (κ1) is 22.4. The summed E-state index contributed by atoms with van der Waals surface area (Å²) in [6.45, 7) is 7.76. The van der Waals surface area contributed by atoms with E-state index in [0.717, 1.165) is 24.4 Å². The van der Waals surface area contributed by atoms with Gasteiger partial charge in [0.15, 0.2) is 0 Å². The molecule has 0 unspecified atom stereocenters. The summed E-state index contributed by atoms with van der Waals surface area (Å²) in [6, 6.07) is 13.9. The predicted octanol–water partition coefficient (Wildman–Crippen LogP) is 3.80. The zero-order chi connectivity index (χ0) is 22.5. The SMILES string of the molecule is COc1ccc(-c2noc(CN3CCN(C(=O)CSc4cc(C)ccc4C)CC3)n2)cc1. The van der Waals surface area contributed by atoms with Gasteiger partial charge in [-0.15, -0.1) is 11.8 Å². The second kappa shape index (κ2) is 10.2. The molecular formula is C24H28N4O3S. The Bertz CT molecular complexity index is 1060. The molecule has 0 N–H and O–H groups in total. The average molecular weight is 453 g/mol. The Labute approximate surface area is 192 Å². The number of benzene rings is 2. The highest BCUT2D eigenvalue weighted by Crippen LogP contribution is 2.24. The summed E-state index contributed by atoms with van der Waals surface area (Å²) in [5.41, 5.74) is 3.32. The van der Waals surface area contributed by atoms with E-state index in [1.165, 1.54) is 16.0 Å². The largest absolute Gasteiger partial charge is 0.497 e. The van der Waals surface area contributed by atoms with Crippen molar-refractivity contribution in [3.63, 3.8) is 0 Å². The summed E-state index contributed by atoms with van der Waals surface area (Å²) < 4.78 is 10.6. The highest BCUT2D eigenvalue weighted by atomic mass is 32.2. The lowest BCUT2D eigenvalue weighted by Gasteiger charge is -2.34. The molecule has 32 heavy (non-hydrogen) atoms. The summed E-state index contributed by atoms with van der Waals surface area (Å²) in [5, 5.41) is 4.10. The Morgan fingerprint density at radius 2 is 1.84 bits per heavy atom. The summed E-state index contributed by atoms with van der Waals surface area (Å²) >= 11 is 1.62. The van der Waals surface area contributed by atoms with Gasteiger partial charge >= 0.3 is 0 Å². The highest BCUT2D eigenvalue weighted by Gasteiger charge is 2.23. The Morgan fingerprint density at radius 3 is 2.56 bits per heavy atom. The molecule has 0 bridgehead atoms. The fraction of sp³-hybridized carbons (Fsp3) is 0.375. The van der Waals surface area contributed by atoms with Crippen molar-refractivity contribution in [1.29, 1.82) is 0 Å². The van der Waals surface area contributed by atoms with Gasteiger partial charge in [0.1, 0.15) is 5.75 Å². The lowest BCUT2D eigenvalue weighted by molar-refractivity contribution is -0.130. The molecule has 1 aromatic heterocycles. The number of ether oxygens (including phenoxy) is 1. The lowest BCUT2D eigenvalue weighted by atomic mass is 10.2. The third-order valence-corrected chi connectivity index (χ3v) is 6.74. The number of methoxy groups -OCH3 is 1. The molecule has 2 heterocycles. The van der Waals surface area contributed by atoms with Crippen LogP contribution in [0.1, 0.15) is 17.0 Å². The summed E-state index contributed by atoms with van der Waals surface area (Å²) in [7, 11) is 1.64. The van der Waals surface area contributed by atoms with Crippen molar-refractivity contribution in [2.75, 3.05) is 39.0 Å². The molecule has 1 fully saturated rings. The molecule has 1 aliphatic heterocycles. The number of hydrogen-bond acceptors (Lipinski definition) is 7. The van der Waals surface area contributed by atoms with Gasteiger partial charge in [0.2, 0.25) is 17.6 Å². The van der Waals surface area contributed by atoms with E-state index >= 15 is 0 Å². The molecule has 3 aromatic rings. The third-order valence-electron chi connectivity index (χ3n) is 5.59. The number of rotatable bonds is 7. The van der Waals surface area contributed by atoms with Crippen LogP contribution in [0.3, 0.4) is 0 Å². The first-order valence-electron chi connectivity index (χ1n) is 10.7. The monoisotopic (exact) mass is 452 g/mol. The quantitative estimate of drug-likeness (QED) is 0.505. The highest BCUT2D eigenvalue weighted by molar-refractivity contribution is 8.00. The van der Waals surface area contributed by atoms with Crippen molar-refractivity contribution >= 4 is 17.7 Å². The number of carbonyl (C=O) groups is 1. The van der Waals surface area contributed by atoms with Crippen LogP contribution in [-0.2, 0) is 11.3 Å². The number of aryl methyl sites for hydroxylation is 2. The number of nitrogens with zero attached hydrogens (tertiary/aromatic N) is 4. The fourth-order valence-electron chi connectivity index (χ4n) is 3.62. The molecule has 0 saturated carbocycles. The Balaban J connectivity index is 1.25. The van der Waals surface area contributed by atoms with E-state index in [2.05, 4.69) is 47.1 Å². The Hall–Kier alpha value is -2.84. The van der Waals surface area contributed by atoms with E-state index in [1.54, 1.807) is 18.9 Å².